The first-order valence-corrected chi connectivity index (χ1v) is 8.52. The molecule has 0 bridgehead atoms. The van der Waals surface area contributed by atoms with Gasteiger partial charge in [0.05, 0.1) is 6.26 Å². The number of aromatic nitrogens is 2. The van der Waals surface area contributed by atoms with Crippen molar-refractivity contribution >= 4 is 11.8 Å². The van der Waals surface area contributed by atoms with Crippen LogP contribution >= 0.6 is 0 Å². The molecular formula is C19H20N4O4. The van der Waals surface area contributed by atoms with Gasteiger partial charge in [0.1, 0.15) is 12.1 Å². The Labute approximate surface area is 156 Å². The molecule has 2 N–H and O–H groups in total. The lowest BCUT2D eigenvalue weighted by molar-refractivity contribution is -0.123. The number of carbonyl (C=O) groups excluding carboxylic acids is 2. The Morgan fingerprint density at radius 1 is 1.11 bits per heavy atom. The molecule has 27 heavy (non-hydrogen) atoms. The third kappa shape index (κ3) is 4.81. The zero-order chi connectivity index (χ0) is 19.2. The molecule has 2 aromatic heterocycles. The van der Waals surface area contributed by atoms with Gasteiger partial charge in [-0.25, -0.2) is 0 Å². The molecule has 3 rings (SSSR count). The normalized spacial score (nSPS) is 13.0. The number of nitrogens with zero attached hydrogens (tertiary/aromatic N) is 2. The molecule has 8 heteroatoms. The second-order valence-corrected chi connectivity index (χ2v) is 6.10. The predicted octanol–water partition coefficient (Wildman–Crippen LogP) is 2.19. The molecule has 1 aromatic carbocycles. The second-order valence-electron chi connectivity index (χ2n) is 6.10. The monoisotopic (exact) mass is 368 g/mol. The standard InChI is InChI=1S/C19H20N4O4/c1-12(19-21-13(2)23-27-19)20-17(24)15(11-14-7-4-3-5-8-14)22-18(25)16-9-6-10-26-16/h3-10,12,15H,11H2,1-2H3,(H,20,24)(H,22,25). The number of nitrogens with one attached hydrogen (secondary N) is 2. The molecule has 2 heterocycles. The summed E-state index contributed by atoms with van der Waals surface area (Å²) in [5, 5.41) is 9.24. The van der Waals surface area contributed by atoms with Crippen molar-refractivity contribution in [1.82, 2.24) is 20.8 Å². The third-order valence-corrected chi connectivity index (χ3v) is 3.92. The number of furan rings is 1. The minimum atomic E-state index is -0.795. The van der Waals surface area contributed by atoms with Gasteiger partial charge >= 0.3 is 0 Å². The third-order valence-electron chi connectivity index (χ3n) is 3.92. The second kappa shape index (κ2) is 8.31. The van der Waals surface area contributed by atoms with E-state index in [4.69, 9.17) is 8.94 Å². The topological polar surface area (TPSA) is 110 Å². The maximum Gasteiger partial charge on any atom is 0.287 e. The number of amides is 2. The number of hydrogen-bond acceptors (Lipinski definition) is 6. The summed E-state index contributed by atoms with van der Waals surface area (Å²) in [5.41, 5.74) is 0.915. The molecule has 0 aliphatic rings. The van der Waals surface area contributed by atoms with Gasteiger partial charge in [0.15, 0.2) is 11.6 Å². The minimum Gasteiger partial charge on any atom is -0.459 e. The van der Waals surface area contributed by atoms with Crippen LogP contribution in [-0.4, -0.2) is 28.0 Å². The molecule has 3 aromatic rings. The molecule has 0 saturated heterocycles. The zero-order valence-corrected chi connectivity index (χ0v) is 15.0. The van der Waals surface area contributed by atoms with Crippen LogP contribution in [0.1, 0.15) is 40.8 Å². The zero-order valence-electron chi connectivity index (χ0n) is 15.0. The first-order valence-electron chi connectivity index (χ1n) is 8.52. The van der Waals surface area contributed by atoms with Crippen LogP contribution in [0.4, 0.5) is 0 Å². The summed E-state index contributed by atoms with van der Waals surface area (Å²) in [5.74, 6) is 0.107. The van der Waals surface area contributed by atoms with Crippen molar-refractivity contribution < 1.29 is 18.5 Å². The van der Waals surface area contributed by atoms with Crippen LogP contribution in [0, 0.1) is 6.92 Å². The van der Waals surface area contributed by atoms with Crippen LogP contribution in [0.5, 0.6) is 0 Å². The summed E-state index contributed by atoms with van der Waals surface area (Å²) in [6, 6.07) is 11.3. The predicted molar refractivity (Wildman–Crippen MR) is 95.7 cm³/mol. The van der Waals surface area contributed by atoms with Crippen LogP contribution in [0.2, 0.25) is 0 Å². The van der Waals surface area contributed by atoms with E-state index in [2.05, 4.69) is 20.8 Å². The molecule has 0 fully saturated rings. The van der Waals surface area contributed by atoms with E-state index in [1.165, 1.54) is 12.3 Å². The van der Waals surface area contributed by atoms with Crippen LogP contribution < -0.4 is 10.6 Å². The van der Waals surface area contributed by atoms with Crippen LogP contribution in [-0.2, 0) is 11.2 Å². The molecular weight excluding hydrogens is 348 g/mol. The van der Waals surface area contributed by atoms with Crippen molar-refractivity contribution in [3.63, 3.8) is 0 Å². The van der Waals surface area contributed by atoms with E-state index in [0.717, 1.165) is 5.56 Å². The lowest BCUT2D eigenvalue weighted by atomic mass is 10.0. The highest BCUT2D eigenvalue weighted by atomic mass is 16.5. The molecule has 2 unspecified atom stereocenters. The van der Waals surface area contributed by atoms with E-state index in [1.807, 2.05) is 30.3 Å². The Hall–Kier alpha value is -3.42. The summed E-state index contributed by atoms with van der Waals surface area (Å²) < 4.78 is 10.2. The van der Waals surface area contributed by atoms with Crippen LogP contribution in [0.15, 0.2) is 57.7 Å². The average molecular weight is 368 g/mol. The van der Waals surface area contributed by atoms with Crippen molar-refractivity contribution in [1.29, 1.82) is 0 Å². The molecule has 2 amide bonds. The van der Waals surface area contributed by atoms with Crippen molar-refractivity contribution in [3.8, 4) is 0 Å². The maximum atomic E-state index is 12.8. The Balaban J connectivity index is 1.73. The number of rotatable bonds is 7. The highest BCUT2D eigenvalue weighted by molar-refractivity contribution is 5.95. The Bertz CT molecular complexity index is 890. The Morgan fingerprint density at radius 3 is 2.52 bits per heavy atom. The van der Waals surface area contributed by atoms with Gasteiger partial charge in [-0.15, -0.1) is 0 Å². The highest BCUT2D eigenvalue weighted by Crippen LogP contribution is 2.11. The first kappa shape index (κ1) is 18.4. The fourth-order valence-corrected chi connectivity index (χ4v) is 2.56. The van der Waals surface area contributed by atoms with E-state index in [-0.39, 0.29) is 11.7 Å². The molecule has 0 radical (unpaired) electrons. The van der Waals surface area contributed by atoms with Gasteiger partial charge in [-0.2, -0.15) is 4.98 Å². The molecule has 0 aliphatic carbocycles. The lowest BCUT2D eigenvalue weighted by Gasteiger charge is -2.20. The van der Waals surface area contributed by atoms with Gasteiger partial charge in [0.25, 0.3) is 5.91 Å². The highest BCUT2D eigenvalue weighted by Gasteiger charge is 2.25. The first-order chi connectivity index (χ1) is 13.0. The van der Waals surface area contributed by atoms with E-state index < -0.39 is 18.0 Å². The summed E-state index contributed by atoms with van der Waals surface area (Å²) >= 11 is 0. The van der Waals surface area contributed by atoms with Gasteiger partial charge in [-0.05, 0) is 31.5 Å². The minimum absolute atomic E-state index is 0.140. The van der Waals surface area contributed by atoms with E-state index in [9.17, 15) is 9.59 Å². The van der Waals surface area contributed by atoms with Crippen molar-refractivity contribution in [3.05, 3.63) is 71.8 Å². The molecule has 2 atom stereocenters. The number of benzene rings is 1. The van der Waals surface area contributed by atoms with Gasteiger partial charge in [0, 0.05) is 6.42 Å². The molecule has 0 aliphatic heterocycles. The van der Waals surface area contributed by atoms with Crippen LogP contribution in [0.25, 0.3) is 0 Å². The summed E-state index contributed by atoms with van der Waals surface area (Å²) in [4.78, 5) is 29.3. The van der Waals surface area contributed by atoms with Crippen molar-refractivity contribution in [2.45, 2.75) is 32.4 Å². The Kier molecular flexibility index (Phi) is 5.65. The van der Waals surface area contributed by atoms with Crippen molar-refractivity contribution in [2.75, 3.05) is 0 Å². The number of hydrogen-bond donors (Lipinski definition) is 2. The molecule has 8 nitrogen and oxygen atoms in total. The summed E-state index contributed by atoms with van der Waals surface area (Å²) in [6.45, 7) is 3.43. The number of carbonyl (C=O) groups is 2. The van der Waals surface area contributed by atoms with E-state index >= 15 is 0 Å². The average Bonchev–Trinajstić information content (AvgIpc) is 3.33. The van der Waals surface area contributed by atoms with E-state index in [0.29, 0.717) is 18.1 Å². The van der Waals surface area contributed by atoms with Gasteiger partial charge < -0.3 is 19.6 Å². The summed E-state index contributed by atoms with van der Waals surface area (Å²) in [6.07, 6.45) is 1.73. The Morgan fingerprint density at radius 2 is 1.89 bits per heavy atom. The fourth-order valence-electron chi connectivity index (χ4n) is 2.56. The smallest absolute Gasteiger partial charge is 0.287 e. The van der Waals surface area contributed by atoms with E-state index in [1.54, 1.807) is 19.9 Å². The SMILES string of the molecule is Cc1noc(C(C)NC(=O)C(Cc2ccccc2)NC(=O)c2ccco2)n1. The van der Waals surface area contributed by atoms with Crippen molar-refractivity contribution in [2.24, 2.45) is 0 Å². The molecule has 140 valence electrons. The largest absolute Gasteiger partial charge is 0.459 e. The maximum absolute atomic E-state index is 12.8. The number of aryl methyl sites for hydroxylation is 1. The fraction of sp³-hybridized carbons (Fsp3) is 0.263. The van der Waals surface area contributed by atoms with Gasteiger partial charge in [-0.3, -0.25) is 9.59 Å². The lowest BCUT2D eigenvalue weighted by Crippen LogP contribution is -2.48. The molecule has 0 spiro atoms. The van der Waals surface area contributed by atoms with Gasteiger partial charge in [-0.1, -0.05) is 35.5 Å². The van der Waals surface area contributed by atoms with Gasteiger partial charge in [0.2, 0.25) is 11.8 Å². The molecule has 0 saturated carbocycles. The van der Waals surface area contributed by atoms with Crippen LogP contribution in [0.3, 0.4) is 0 Å². The quantitative estimate of drug-likeness (QED) is 0.661. The summed E-state index contributed by atoms with van der Waals surface area (Å²) in [7, 11) is 0.